The van der Waals surface area contributed by atoms with Crippen LogP contribution < -0.4 is 0 Å². The molecule has 3 heterocycles. The number of amides is 1. The summed E-state index contributed by atoms with van der Waals surface area (Å²) in [5.41, 5.74) is 2.35. The van der Waals surface area contributed by atoms with Crippen LogP contribution in [0.25, 0.3) is 5.69 Å². The molecule has 9 heteroatoms. The molecule has 0 saturated carbocycles. The molecule has 0 radical (unpaired) electrons. The lowest BCUT2D eigenvalue weighted by Crippen LogP contribution is -2.50. The van der Waals surface area contributed by atoms with Crippen molar-refractivity contribution in [3.05, 3.63) is 63.6 Å². The summed E-state index contributed by atoms with van der Waals surface area (Å²) in [4.78, 5) is 17.1. The summed E-state index contributed by atoms with van der Waals surface area (Å²) >= 11 is 1.49. The zero-order valence-electron chi connectivity index (χ0n) is 17.9. The van der Waals surface area contributed by atoms with Crippen LogP contribution in [-0.4, -0.2) is 59.5 Å². The average molecular weight is 459 g/mol. The predicted octanol–water partition coefficient (Wildman–Crippen LogP) is 3.26. The van der Waals surface area contributed by atoms with Gasteiger partial charge in [0.2, 0.25) is 10.0 Å². The second-order valence-corrected chi connectivity index (χ2v) is 10.9. The Labute approximate surface area is 187 Å². The minimum Gasteiger partial charge on any atom is -0.336 e. The molecule has 1 aromatic carbocycles. The van der Waals surface area contributed by atoms with Gasteiger partial charge in [0, 0.05) is 35.9 Å². The number of aryl methyl sites for hydroxylation is 2. The Hall–Kier alpha value is -2.49. The number of carbonyl (C=O) groups excluding carboxylic acids is 1. The topological polar surface area (TPSA) is 75.5 Å². The smallest absolute Gasteiger partial charge is 0.257 e. The monoisotopic (exact) mass is 458 g/mol. The number of hydrogen-bond donors (Lipinski definition) is 0. The molecule has 2 aromatic heterocycles. The van der Waals surface area contributed by atoms with Gasteiger partial charge in [-0.25, -0.2) is 13.1 Å². The summed E-state index contributed by atoms with van der Waals surface area (Å²) in [6.45, 7) is 7.05. The lowest BCUT2D eigenvalue weighted by molar-refractivity contribution is 0.0696. The second kappa shape index (κ2) is 8.57. The normalized spacial score (nSPS) is 15.4. The third kappa shape index (κ3) is 4.05. The van der Waals surface area contributed by atoms with Crippen molar-refractivity contribution < 1.29 is 13.2 Å². The lowest BCUT2D eigenvalue weighted by atomic mass is 10.1. The van der Waals surface area contributed by atoms with Crippen molar-refractivity contribution in [2.45, 2.75) is 32.1 Å². The third-order valence-electron chi connectivity index (χ3n) is 5.57. The van der Waals surface area contributed by atoms with Crippen molar-refractivity contribution >= 4 is 27.3 Å². The third-order valence-corrected chi connectivity index (χ3v) is 8.69. The largest absolute Gasteiger partial charge is 0.336 e. The van der Waals surface area contributed by atoms with Crippen LogP contribution in [0, 0.1) is 13.8 Å². The van der Waals surface area contributed by atoms with E-state index in [0.29, 0.717) is 30.0 Å². The first-order chi connectivity index (χ1) is 14.8. The van der Waals surface area contributed by atoms with Crippen LogP contribution in [-0.2, 0) is 16.4 Å². The molecule has 1 aliphatic heterocycles. The maximum absolute atomic E-state index is 13.2. The van der Waals surface area contributed by atoms with E-state index in [1.54, 1.807) is 21.8 Å². The van der Waals surface area contributed by atoms with Gasteiger partial charge in [-0.05, 0) is 38.5 Å². The van der Waals surface area contributed by atoms with Crippen molar-refractivity contribution in [2.24, 2.45) is 0 Å². The second-order valence-electron chi connectivity index (χ2n) is 7.58. The van der Waals surface area contributed by atoms with Crippen molar-refractivity contribution in [1.29, 1.82) is 0 Å². The fourth-order valence-electron chi connectivity index (χ4n) is 3.99. The molecule has 3 aromatic rings. The number of aromatic nitrogens is 2. The van der Waals surface area contributed by atoms with Crippen molar-refractivity contribution in [2.75, 3.05) is 26.2 Å². The van der Waals surface area contributed by atoms with Gasteiger partial charge in [-0.1, -0.05) is 25.1 Å². The number of thiophene rings is 1. The zero-order valence-corrected chi connectivity index (χ0v) is 19.5. The van der Waals surface area contributed by atoms with Gasteiger partial charge in [-0.2, -0.15) is 9.40 Å². The molecule has 1 aliphatic rings. The van der Waals surface area contributed by atoms with E-state index >= 15 is 0 Å². The van der Waals surface area contributed by atoms with Crippen LogP contribution in [0.4, 0.5) is 0 Å². The van der Waals surface area contributed by atoms with E-state index in [9.17, 15) is 13.2 Å². The molecule has 0 aliphatic carbocycles. The van der Waals surface area contributed by atoms with Crippen molar-refractivity contribution in [3.63, 3.8) is 0 Å². The Balaban J connectivity index is 1.50. The number of piperazine rings is 1. The van der Waals surface area contributed by atoms with E-state index in [-0.39, 0.29) is 19.0 Å². The Kier molecular flexibility index (Phi) is 6.00. The number of benzene rings is 1. The van der Waals surface area contributed by atoms with E-state index in [1.165, 1.54) is 15.6 Å². The maximum atomic E-state index is 13.2. The molecule has 4 rings (SSSR count). The summed E-state index contributed by atoms with van der Waals surface area (Å²) in [7, 11) is -3.54. The highest BCUT2D eigenvalue weighted by molar-refractivity contribution is 7.89. The average Bonchev–Trinajstić information content (AvgIpc) is 3.36. The van der Waals surface area contributed by atoms with Gasteiger partial charge < -0.3 is 4.90 Å². The molecule has 1 fully saturated rings. The number of carbonyl (C=O) groups is 1. The predicted molar refractivity (Wildman–Crippen MR) is 121 cm³/mol. The molecule has 0 bridgehead atoms. The number of para-hydroxylation sites is 1. The molecule has 164 valence electrons. The van der Waals surface area contributed by atoms with Crippen LogP contribution in [0.3, 0.4) is 0 Å². The van der Waals surface area contributed by atoms with E-state index in [1.807, 2.05) is 51.1 Å². The van der Waals surface area contributed by atoms with E-state index < -0.39 is 10.0 Å². The summed E-state index contributed by atoms with van der Waals surface area (Å²) in [6, 6.07) is 11.5. The standard InChI is InChI=1S/C22H26N4O3S2/c1-4-20-19(15-23-26(20)18-8-6-5-7-9-18)22(27)24-10-12-25(13-11-24)31(28,29)21-14-16(2)30-17(21)3/h5-9,14-15H,4,10-13H2,1-3H3. The SMILES string of the molecule is CCc1c(C(=O)N2CCN(S(=O)(=O)c3cc(C)sc3C)CC2)cnn1-c1ccccc1. The molecule has 0 spiro atoms. The highest BCUT2D eigenvalue weighted by Gasteiger charge is 2.33. The molecule has 0 atom stereocenters. The van der Waals surface area contributed by atoms with Gasteiger partial charge in [-0.3, -0.25) is 4.79 Å². The number of hydrogen-bond acceptors (Lipinski definition) is 5. The first-order valence-electron chi connectivity index (χ1n) is 10.3. The lowest BCUT2D eigenvalue weighted by Gasteiger charge is -2.34. The highest BCUT2D eigenvalue weighted by Crippen LogP contribution is 2.28. The first kappa shape index (κ1) is 21.7. The number of rotatable bonds is 5. The molecule has 1 amide bonds. The maximum Gasteiger partial charge on any atom is 0.257 e. The molecule has 7 nitrogen and oxygen atoms in total. The van der Waals surface area contributed by atoms with Gasteiger partial charge in [0.15, 0.2) is 0 Å². The molecule has 0 unspecified atom stereocenters. The molecular formula is C22H26N4O3S2. The first-order valence-corrected chi connectivity index (χ1v) is 12.6. The van der Waals surface area contributed by atoms with E-state index in [0.717, 1.165) is 21.1 Å². The van der Waals surface area contributed by atoms with Crippen LogP contribution in [0.2, 0.25) is 0 Å². The van der Waals surface area contributed by atoms with Crippen LogP contribution in [0.1, 0.15) is 32.7 Å². The Morgan fingerprint density at radius 2 is 1.77 bits per heavy atom. The van der Waals surface area contributed by atoms with Crippen LogP contribution in [0.5, 0.6) is 0 Å². The zero-order chi connectivity index (χ0) is 22.2. The summed E-state index contributed by atoms with van der Waals surface area (Å²) in [6.07, 6.45) is 2.29. The van der Waals surface area contributed by atoms with Crippen molar-refractivity contribution in [3.8, 4) is 5.69 Å². The molecule has 0 N–H and O–H groups in total. The van der Waals surface area contributed by atoms with Crippen LogP contribution in [0.15, 0.2) is 47.5 Å². The Bertz CT molecular complexity index is 1190. The van der Waals surface area contributed by atoms with E-state index in [2.05, 4.69) is 5.10 Å². The van der Waals surface area contributed by atoms with Crippen molar-refractivity contribution in [1.82, 2.24) is 19.0 Å². The van der Waals surface area contributed by atoms with Gasteiger partial charge in [0.25, 0.3) is 5.91 Å². The molecule has 1 saturated heterocycles. The fourth-order valence-corrected chi connectivity index (χ4v) is 6.93. The summed E-state index contributed by atoms with van der Waals surface area (Å²) in [5.74, 6) is -0.0985. The van der Waals surface area contributed by atoms with Crippen LogP contribution >= 0.6 is 11.3 Å². The minimum atomic E-state index is -3.54. The van der Waals surface area contributed by atoms with E-state index in [4.69, 9.17) is 0 Å². The summed E-state index contributed by atoms with van der Waals surface area (Å²) < 4.78 is 29.4. The molecular weight excluding hydrogens is 432 g/mol. The summed E-state index contributed by atoms with van der Waals surface area (Å²) in [5, 5.41) is 4.44. The minimum absolute atomic E-state index is 0.0985. The van der Waals surface area contributed by atoms with Gasteiger partial charge in [0.05, 0.1) is 28.0 Å². The van der Waals surface area contributed by atoms with Gasteiger partial charge in [-0.15, -0.1) is 11.3 Å². The quantitative estimate of drug-likeness (QED) is 0.588. The van der Waals surface area contributed by atoms with Gasteiger partial charge >= 0.3 is 0 Å². The van der Waals surface area contributed by atoms with Gasteiger partial charge in [0.1, 0.15) is 0 Å². The Morgan fingerprint density at radius 3 is 2.35 bits per heavy atom. The molecule has 31 heavy (non-hydrogen) atoms. The highest BCUT2D eigenvalue weighted by atomic mass is 32.2. The fraction of sp³-hybridized carbons (Fsp3) is 0.364. The number of sulfonamides is 1. The Morgan fingerprint density at radius 1 is 1.10 bits per heavy atom. The number of nitrogens with zero attached hydrogens (tertiary/aromatic N) is 4.